The van der Waals surface area contributed by atoms with Gasteiger partial charge in [-0.15, -0.1) is 0 Å². The van der Waals surface area contributed by atoms with Crippen LogP contribution in [0, 0.1) is 0 Å². The molecule has 1 aromatic carbocycles. The van der Waals surface area contributed by atoms with Gasteiger partial charge < -0.3 is 24.2 Å². The molecule has 32 heavy (non-hydrogen) atoms. The first-order valence-electron chi connectivity index (χ1n) is 10.6. The molecule has 1 saturated heterocycles. The third-order valence-electron chi connectivity index (χ3n) is 5.28. The van der Waals surface area contributed by atoms with Crippen LogP contribution in [0.15, 0.2) is 29.2 Å². The van der Waals surface area contributed by atoms with E-state index in [1.165, 1.54) is 10.9 Å². The molecule has 10 heteroatoms. The largest absolute Gasteiger partial charge is 0.503 e. The van der Waals surface area contributed by atoms with Gasteiger partial charge in [-0.3, -0.25) is 9.69 Å². The Morgan fingerprint density at radius 1 is 1.12 bits per heavy atom. The maximum atomic E-state index is 12.7. The molecule has 0 bridgehead atoms. The Bertz CT molecular complexity index is 1050. The summed E-state index contributed by atoms with van der Waals surface area (Å²) in [6.45, 7) is 8.53. The number of nitrogens with zero attached hydrogens (tertiary/aromatic N) is 4. The summed E-state index contributed by atoms with van der Waals surface area (Å²) in [6.07, 6.45) is 1.19. The highest BCUT2D eigenvalue weighted by Crippen LogP contribution is 2.32. The molecule has 10 nitrogen and oxygen atoms in total. The maximum Gasteiger partial charge on any atom is 0.410 e. The van der Waals surface area contributed by atoms with Gasteiger partial charge in [-0.2, -0.15) is 5.10 Å². The van der Waals surface area contributed by atoms with Crippen LogP contribution < -0.4 is 15.0 Å². The molecule has 2 aromatic rings. The first-order chi connectivity index (χ1) is 15.2. The number of ether oxygens (including phenoxy) is 3. The SMILES string of the molecule is CC(C)(C)OC(=O)N1CCN(Cc2cnn(Cc3ccc4c(c3)OCO4)c(=O)c2O)CC1. The van der Waals surface area contributed by atoms with Gasteiger partial charge in [0.05, 0.1) is 12.7 Å². The number of hydrogen-bond acceptors (Lipinski definition) is 8. The van der Waals surface area contributed by atoms with Gasteiger partial charge in [0.1, 0.15) is 5.60 Å². The van der Waals surface area contributed by atoms with Gasteiger partial charge >= 0.3 is 11.7 Å². The van der Waals surface area contributed by atoms with Crippen LogP contribution in [0.5, 0.6) is 17.2 Å². The highest BCUT2D eigenvalue weighted by molar-refractivity contribution is 5.68. The maximum absolute atomic E-state index is 12.7. The summed E-state index contributed by atoms with van der Waals surface area (Å²) in [5.41, 5.74) is 0.195. The van der Waals surface area contributed by atoms with E-state index in [-0.39, 0.29) is 25.2 Å². The van der Waals surface area contributed by atoms with Crippen molar-refractivity contribution < 1.29 is 24.1 Å². The highest BCUT2D eigenvalue weighted by atomic mass is 16.7. The van der Waals surface area contributed by atoms with Gasteiger partial charge in [-0.1, -0.05) is 6.07 Å². The van der Waals surface area contributed by atoms with E-state index in [1.54, 1.807) is 17.0 Å². The van der Waals surface area contributed by atoms with E-state index >= 15 is 0 Å². The first-order valence-corrected chi connectivity index (χ1v) is 10.6. The van der Waals surface area contributed by atoms with Crippen molar-refractivity contribution in [3.63, 3.8) is 0 Å². The summed E-state index contributed by atoms with van der Waals surface area (Å²) >= 11 is 0. The molecule has 172 valence electrons. The number of fused-ring (bicyclic) bond motifs is 1. The van der Waals surface area contributed by atoms with Gasteiger partial charge in [0.25, 0.3) is 0 Å². The van der Waals surface area contributed by atoms with Gasteiger partial charge in [-0.05, 0) is 38.5 Å². The predicted molar refractivity (Wildman–Crippen MR) is 115 cm³/mol. The van der Waals surface area contributed by atoms with Crippen LogP contribution in [0.2, 0.25) is 0 Å². The zero-order valence-corrected chi connectivity index (χ0v) is 18.5. The van der Waals surface area contributed by atoms with Crippen LogP contribution in [-0.2, 0) is 17.8 Å². The van der Waals surface area contributed by atoms with Crippen LogP contribution in [0.25, 0.3) is 0 Å². The number of carbonyl (C=O) groups excluding carboxylic acids is 1. The fourth-order valence-electron chi connectivity index (χ4n) is 3.61. The van der Waals surface area contributed by atoms with Crippen molar-refractivity contribution in [2.75, 3.05) is 33.0 Å². The molecule has 1 N–H and O–H groups in total. The highest BCUT2D eigenvalue weighted by Gasteiger charge is 2.26. The summed E-state index contributed by atoms with van der Waals surface area (Å²) < 4.78 is 17.3. The number of hydrogen-bond donors (Lipinski definition) is 1. The molecule has 1 amide bonds. The lowest BCUT2D eigenvalue weighted by Crippen LogP contribution is -2.49. The standard InChI is InChI=1S/C22H28N4O6/c1-22(2,3)32-21(29)25-8-6-24(7-9-25)13-16-11-23-26(20(28)19(16)27)12-15-4-5-17-18(10-15)31-14-30-17/h4-5,10-11,27H,6-9,12-14H2,1-3H3. The average molecular weight is 444 g/mol. The van der Waals surface area contributed by atoms with Crippen molar-refractivity contribution in [2.24, 2.45) is 0 Å². The third kappa shape index (κ3) is 4.96. The molecule has 0 unspecified atom stereocenters. The number of aromatic nitrogens is 2. The van der Waals surface area contributed by atoms with Crippen molar-refractivity contribution in [1.29, 1.82) is 0 Å². The quantitative estimate of drug-likeness (QED) is 0.761. The van der Waals surface area contributed by atoms with E-state index in [1.807, 2.05) is 26.8 Å². The van der Waals surface area contributed by atoms with Crippen LogP contribution >= 0.6 is 0 Å². The molecule has 1 aromatic heterocycles. The Balaban J connectivity index is 1.37. The van der Waals surface area contributed by atoms with Crippen molar-refractivity contribution in [2.45, 2.75) is 39.5 Å². The first kappa shape index (κ1) is 21.9. The lowest BCUT2D eigenvalue weighted by molar-refractivity contribution is 0.0138. The second-order valence-corrected chi connectivity index (χ2v) is 8.91. The molecule has 1 fully saturated rings. The van der Waals surface area contributed by atoms with Crippen molar-refractivity contribution in [3.05, 3.63) is 45.9 Å². The Morgan fingerprint density at radius 2 is 1.84 bits per heavy atom. The number of piperazine rings is 1. The monoisotopic (exact) mass is 444 g/mol. The fourth-order valence-corrected chi connectivity index (χ4v) is 3.61. The van der Waals surface area contributed by atoms with Crippen LogP contribution in [0.4, 0.5) is 4.79 Å². The van der Waals surface area contributed by atoms with Crippen LogP contribution in [-0.4, -0.2) is 69.4 Å². The fraction of sp³-hybridized carbons (Fsp3) is 0.500. The lowest BCUT2D eigenvalue weighted by Gasteiger charge is -2.35. The molecule has 3 heterocycles. The van der Waals surface area contributed by atoms with Crippen LogP contribution in [0.3, 0.4) is 0 Å². The Kier molecular flexibility index (Phi) is 5.96. The smallest absolute Gasteiger partial charge is 0.410 e. The minimum Gasteiger partial charge on any atom is -0.503 e. The summed E-state index contributed by atoms with van der Waals surface area (Å²) in [6, 6.07) is 5.41. The molecule has 0 radical (unpaired) electrons. The predicted octanol–water partition coefficient (Wildman–Crippen LogP) is 1.78. The summed E-state index contributed by atoms with van der Waals surface area (Å²) in [5.74, 6) is 0.983. The molecule has 0 spiro atoms. The normalized spacial score (nSPS) is 16.3. The van der Waals surface area contributed by atoms with Gasteiger partial charge in [-0.25, -0.2) is 9.48 Å². The molecule has 0 atom stereocenters. The number of aromatic hydroxyl groups is 1. The molecular formula is C22H28N4O6. The molecule has 4 rings (SSSR count). The van der Waals surface area contributed by atoms with Crippen molar-refractivity contribution in [1.82, 2.24) is 19.6 Å². The molecule has 2 aliphatic rings. The molecule has 0 aliphatic carbocycles. The molecule has 2 aliphatic heterocycles. The topological polar surface area (TPSA) is 106 Å². The minimum atomic E-state index is -0.549. The zero-order valence-electron chi connectivity index (χ0n) is 18.5. The Labute approximate surface area is 185 Å². The number of rotatable bonds is 4. The van der Waals surface area contributed by atoms with Crippen LogP contribution in [0.1, 0.15) is 31.9 Å². The van der Waals surface area contributed by atoms with E-state index in [2.05, 4.69) is 10.00 Å². The van der Waals surface area contributed by atoms with Gasteiger partial charge in [0, 0.05) is 38.3 Å². The van der Waals surface area contributed by atoms with Gasteiger partial charge in [0.15, 0.2) is 17.2 Å². The summed E-state index contributed by atoms with van der Waals surface area (Å²) in [7, 11) is 0. The van der Waals surface area contributed by atoms with E-state index in [0.717, 1.165) is 5.56 Å². The minimum absolute atomic E-state index is 0.179. The van der Waals surface area contributed by atoms with E-state index in [0.29, 0.717) is 49.8 Å². The van der Waals surface area contributed by atoms with Gasteiger partial charge in [0.2, 0.25) is 6.79 Å². The van der Waals surface area contributed by atoms with E-state index in [9.17, 15) is 14.7 Å². The summed E-state index contributed by atoms with van der Waals surface area (Å²) in [5, 5.41) is 14.7. The van der Waals surface area contributed by atoms with Crippen molar-refractivity contribution >= 4 is 6.09 Å². The molecular weight excluding hydrogens is 416 g/mol. The zero-order chi connectivity index (χ0) is 22.9. The second-order valence-electron chi connectivity index (χ2n) is 8.91. The Morgan fingerprint density at radius 3 is 2.56 bits per heavy atom. The number of amides is 1. The molecule has 0 saturated carbocycles. The number of benzene rings is 1. The average Bonchev–Trinajstić information content (AvgIpc) is 3.21. The number of carbonyl (C=O) groups is 1. The van der Waals surface area contributed by atoms with Crippen molar-refractivity contribution in [3.8, 4) is 17.2 Å². The van der Waals surface area contributed by atoms with E-state index < -0.39 is 11.2 Å². The third-order valence-corrected chi connectivity index (χ3v) is 5.28. The Hall–Kier alpha value is -3.27. The lowest BCUT2D eigenvalue weighted by atomic mass is 10.2. The summed E-state index contributed by atoms with van der Waals surface area (Å²) in [4.78, 5) is 28.6. The second kappa shape index (κ2) is 8.70. The van der Waals surface area contributed by atoms with E-state index in [4.69, 9.17) is 14.2 Å².